The first-order valence-corrected chi connectivity index (χ1v) is 7.58. The van der Waals surface area contributed by atoms with E-state index in [4.69, 9.17) is 4.74 Å². The van der Waals surface area contributed by atoms with Crippen molar-refractivity contribution >= 4 is 0 Å². The maximum atomic E-state index is 5.74. The van der Waals surface area contributed by atoms with Gasteiger partial charge in [-0.05, 0) is 57.2 Å². The van der Waals surface area contributed by atoms with Crippen molar-refractivity contribution in [2.75, 3.05) is 0 Å². The summed E-state index contributed by atoms with van der Waals surface area (Å²) in [7, 11) is 0. The smallest absolute Gasteiger partial charge is 0.120 e. The number of hydrogen-bond donors (Lipinski definition) is 1. The minimum absolute atomic E-state index is 0.132. The van der Waals surface area contributed by atoms with Gasteiger partial charge in [0.15, 0.2) is 0 Å². The average molecular weight is 277 g/mol. The van der Waals surface area contributed by atoms with Crippen molar-refractivity contribution in [1.82, 2.24) is 5.32 Å². The Morgan fingerprint density at radius 3 is 2.30 bits per heavy atom. The minimum Gasteiger partial charge on any atom is -0.491 e. The van der Waals surface area contributed by atoms with E-state index in [0.717, 1.165) is 18.7 Å². The van der Waals surface area contributed by atoms with Crippen LogP contribution in [0, 0.1) is 5.41 Å². The summed E-state index contributed by atoms with van der Waals surface area (Å²) in [4.78, 5) is 0. The summed E-state index contributed by atoms with van der Waals surface area (Å²) >= 11 is 0. The summed E-state index contributed by atoms with van der Waals surface area (Å²) in [5, 5.41) is 3.66. The SMILES string of the molecule is CC(C)Oc1cccc(CNC(C)(C)CC(C)(C)C)c1. The Balaban J connectivity index is 2.61. The molecule has 20 heavy (non-hydrogen) atoms. The van der Waals surface area contributed by atoms with Gasteiger partial charge in [0.25, 0.3) is 0 Å². The number of nitrogens with one attached hydrogen (secondary N) is 1. The van der Waals surface area contributed by atoms with Crippen molar-refractivity contribution in [3.05, 3.63) is 29.8 Å². The molecule has 0 saturated carbocycles. The summed E-state index contributed by atoms with van der Waals surface area (Å²) in [6, 6.07) is 8.35. The third-order valence-corrected chi connectivity index (χ3v) is 3.01. The Labute approximate surface area is 124 Å². The zero-order chi connectivity index (χ0) is 15.4. The van der Waals surface area contributed by atoms with E-state index in [-0.39, 0.29) is 11.6 Å². The first-order valence-electron chi connectivity index (χ1n) is 7.58. The molecule has 0 bridgehead atoms. The molecule has 0 aromatic heterocycles. The summed E-state index contributed by atoms with van der Waals surface area (Å²) in [5.41, 5.74) is 1.73. The molecular formula is C18H31NO. The Bertz CT molecular complexity index is 416. The van der Waals surface area contributed by atoms with E-state index < -0.39 is 0 Å². The Morgan fingerprint density at radius 1 is 1.10 bits per heavy atom. The number of benzene rings is 1. The fourth-order valence-corrected chi connectivity index (χ4v) is 2.73. The van der Waals surface area contributed by atoms with Crippen molar-refractivity contribution in [2.24, 2.45) is 5.41 Å². The first kappa shape index (κ1) is 17.0. The topological polar surface area (TPSA) is 21.3 Å². The molecule has 0 atom stereocenters. The second kappa shape index (κ2) is 6.62. The highest BCUT2D eigenvalue weighted by atomic mass is 16.5. The van der Waals surface area contributed by atoms with E-state index in [0.29, 0.717) is 5.41 Å². The molecule has 2 heteroatoms. The highest BCUT2D eigenvalue weighted by Crippen LogP contribution is 2.27. The van der Waals surface area contributed by atoms with E-state index in [1.165, 1.54) is 5.56 Å². The van der Waals surface area contributed by atoms with Gasteiger partial charge in [0.05, 0.1) is 6.10 Å². The summed E-state index contributed by atoms with van der Waals surface area (Å²) in [6.45, 7) is 16.4. The van der Waals surface area contributed by atoms with Crippen LogP contribution in [0.2, 0.25) is 0 Å². The number of ether oxygens (including phenoxy) is 1. The quantitative estimate of drug-likeness (QED) is 0.808. The summed E-state index contributed by atoms with van der Waals surface area (Å²) in [5.74, 6) is 0.952. The highest BCUT2D eigenvalue weighted by Gasteiger charge is 2.24. The third kappa shape index (κ3) is 6.95. The Kier molecular flexibility index (Phi) is 5.64. The molecule has 1 aromatic carbocycles. The first-order chi connectivity index (χ1) is 9.07. The molecule has 0 amide bonds. The average Bonchev–Trinajstić information content (AvgIpc) is 2.23. The van der Waals surface area contributed by atoms with Crippen LogP contribution in [0.4, 0.5) is 0 Å². The van der Waals surface area contributed by atoms with Crippen LogP contribution in [-0.2, 0) is 6.54 Å². The van der Waals surface area contributed by atoms with Gasteiger partial charge in [-0.25, -0.2) is 0 Å². The molecule has 1 aromatic rings. The van der Waals surface area contributed by atoms with Crippen LogP contribution in [0.3, 0.4) is 0 Å². The lowest BCUT2D eigenvalue weighted by Gasteiger charge is -2.33. The van der Waals surface area contributed by atoms with Crippen LogP contribution in [0.1, 0.15) is 60.5 Å². The molecule has 0 radical (unpaired) electrons. The van der Waals surface area contributed by atoms with Crippen molar-refractivity contribution < 1.29 is 4.74 Å². The summed E-state index contributed by atoms with van der Waals surface area (Å²) in [6.07, 6.45) is 1.36. The zero-order valence-corrected chi connectivity index (χ0v) is 14.2. The fraction of sp³-hybridized carbons (Fsp3) is 0.667. The van der Waals surface area contributed by atoms with Gasteiger partial charge in [0.2, 0.25) is 0 Å². The van der Waals surface area contributed by atoms with Gasteiger partial charge in [0, 0.05) is 12.1 Å². The predicted molar refractivity (Wildman–Crippen MR) is 87.2 cm³/mol. The maximum Gasteiger partial charge on any atom is 0.120 e. The van der Waals surface area contributed by atoms with Gasteiger partial charge < -0.3 is 10.1 Å². The van der Waals surface area contributed by atoms with Gasteiger partial charge in [-0.2, -0.15) is 0 Å². The molecule has 0 aliphatic heterocycles. The zero-order valence-electron chi connectivity index (χ0n) is 14.2. The van der Waals surface area contributed by atoms with Gasteiger partial charge in [-0.3, -0.25) is 0 Å². The van der Waals surface area contributed by atoms with Gasteiger partial charge in [-0.1, -0.05) is 32.9 Å². The molecule has 2 nitrogen and oxygen atoms in total. The standard InChI is InChI=1S/C18H31NO/c1-14(2)20-16-10-8-9-15(11-16)12-19-18(6,7)13-17(3,4)5/h8-11,14,19H,12-13H2,1-7H3. The molecule has 114 valence electrons. The van der Waals surface area contributed by atoms with Crippen LogP contribution in [0.25, 0.3) is 0 Å². The predicted octanol–water partition coefficient (Wildman–Crippen LogP) is 4.78. The molecule has 1 rings (SSSR count). The number of hydrogen-bond acceptors (Lipinski definition) is 2. The monoisotopic (exact) mass is 277 g/mol. The van der Waals surface area contributed by atoms with Crippen LogP contribution >= 0.6 is 0 Å². The van der Waals surface area contributed by atoms with Crippen molar-refractivity contribution in [1.29, 1.82) is 0 Å². The molecule has 0 saturated heterocycles. The number of rotatable bonds is 6. The second-order valence-electron chi connectivity index (χ2n) is 7.79. The normalized spacial score (nSPS) is 12.8. The van der Waals surface area contributed by atoms with Crippen molar-refractivity contribution in [3.8, 4) is 5.75 Å². The van der Waals surface area contributed by atoms with Crippen molar-refractivity contribution in [3.63, 3.8) is 0 Å². The lowest BCUT2D eigenvalue weighted by Crippen LogP contribution is -2.41. The van der Waals surface area contributed by atoms with Crippen LogP contribution < -0.4 is 10.1 Å². The molecule has 1 N–H and O–H groups in total. The Hall–Kier alpha value is -1.02. The van der Waals surface area contributed by atoms with Crippen LogP contribution in [0.15, 0.2) is 24.3 Å². The van der Waals surface area contributed by atoms with E-state index in [1.807, 2.05) is 6.07 Å². The largest absolute Gasteiger partial charge is 0.491 e. The van der Waals surface area contributed by atoms with Gasteiger partial charge in [0.1, 0.15) is 5.75 Å². The molecule has 0 heterocycles. The summed E-state index contributed by atoms with van der Waals surface area (Å²) < 4.78 is 5.74. The van der Waals surface area contributed by atoms with Gasteiger partial charge >= 0.3 is 0 Å². The maximum absolute atomic E-state index is 5.74. The second-order valence-corrected chi connectivity index (χ2v) is 7.79. The molecular weight excluding hydrogens is 246 g/mol. The lowest BCUT2D eigenvalue weighted by atomic mass is 9.82. The van der Waals surface area contributed by atoms with Crippen LogP contribution in [0.5, 0.6) is 5.75 Å². The van der Waals surface area contributed by atoms with Crippen molar-refractivity contribution in [2.45, 2.75) is 73.1 Å². The van der Waals surface area contributed by atoms with Crippen LogP contribution in [-0.4, -0.2) is 11.6 Å². The van der Waals surface area contributed by atoms with E-state index in [9.17, 15) is 0 Å². The minimum atomic E-state index is 0.132. The lowest BCUT2D eigenvalue weighted by molar-refractivity contribution is 0.237. The molecule has 0 unspecified atom stereocenters. The van der Waals surface area contributed by atoms with Gasteiger partial charge in [-0.15, -0.1) is 0 Å². The molecule has 0 aliphatic carbocycles. The Morgan fingerprint density at radius 2 is 1.75 bits per heavy atom. The highest BCUT2D eigenvalue weighted by molar-refractivity contribution is 5.28. The third-order valence-electron chi connectivity index (χ3n) is 3.01. The fourth-order valence-electron chi connectivity index (χ4n) is 2.73. The van der Waals surface area contributed by atoms with E-state index in [2.05, 4.69) is 72.0 Å². The van der Waals surface area contributed by atoms with E-state index >= 15 is 0 Å². The molecule has 0 aliphatic rings. The molecule has 0 fully saturated rings. The van der Waals surface area contributed by atoms with E-state index in [1.54, 1.807) is 0 Å². The molecule has 0 spiro atoms.